The molecule has 0 amide bonds. The number of aryl methyl sites for hydroxylation is 2. The fraction of sp³-hybridized carbons (Fsp3) is 0.0270. The van der Waals surface area contributed by atoms with Crippen molar-refractivity contribution in [3.8, 4) is 22.3 Å². The molecule has 0 heterocycles. The summed E-state index contributed by atoms with van der Waals surface area (Å²) in [6.07, 6.45) is 0. The van der Waals surface area contributed by atoms with Crippen LogP contribution >= 0.6 is 0 Å². The highest BCUT2D eigenvalue weighted by Gasteiger charge is 2.17. The Morgan fingerprint density at radius 3 is 0.513 bits per heavy atom. The van der Waals surface area contributed by atoms with Crippen LogP contribution in [0.25, 0.3) is 22.3 Å². The maximum absolute atomic E-state index is 2.31. The van der Waals surface area contributed by atoms with Crippen molar-refractivity contribution in [1.82, 2.24) is 0 Å². The molecule has 0 N–H and O–H groups in total. The van der Waals surface area contributed by atoms with Crippen LogP contribution in [0.15, 0.2) is 328 Å². The minimum Gasteiger partial charge on any atom is -0.311 e. The number of hydrogen-bond donors (Lipinski definition) is 0. The summed E-state index contributed by atoms with van der Waals surface area (Å²) in [5, 5.41) is 0. The minimum atomic E-state index is 1.13. The van der Waals surface area contributed by atoms with Crippen molar-refractivity contribution in [1.29, 1.82) is 0 Å². The summed E-state index contributed by atoms with van der Waals surface area (Å²) in [5.41, 5.74) is 20.9. The van der Waals surface area contributed by atoms with E-state index >= 15 is 0 Å². The highest BCUT2D eigenvalue weighted by atomic mass is 15.2. The van der Waals surface area contributed by atoms with E-state index in [-0.39, 0.29) is 0 Å². The molecular weight excluding hydrogens is 945 g/mol. The van der Waals surface area contributed by atoms with Crippen LogP contribution in [0.1, 0.15) is 11.1 Å². The molecule has 0 bridgehead atoms. The molecule has 78 heavy (non-hydrogen) atoms. The molecule has 0 aromatic heterocycles. The average molecular weight is 1010 g/mol. The Morgan fingerprint density at radius 2 is 0.321 bits per heavy atom. The van der Waals surface area contributed by atoms with Gasteiger partial charge in [-0.15, -0.1) is 0 Å². The predicted molar refractivity (Wildman–Crippen MR) is 332 cm³/mol. The van der Waals surface area contributed by atoms with Crippen LogP contribution in [0, 0.1) is 13.8 Å². The van der Waals surface area contributed by atoms with Crippen molar-refractivity contribution in [2.45, 2.75) is 13.8 Å². The zero-order valence-electron chi connectivity index (χ0n) is 44.0. The van der Waals surface area contributed by atoms with E-state index in [1.165, 1.54) is 33.4 Å². The van der Waals surface area contributed by atoms with Crippen molar-refractivity contribution >= 4 is 68.2 Å². The minimum absolute atomic E-state index is 1.13. The summed E-state index contributed by atoms with van der Waals surface area (Å²) in [5.74, 6) is 0. The van der Waals surface area contributed by atoms with Gasteiger partial charge in [0.1, 0.15) is 0 Å². The van der Waals surface area contributed by atoms with Gasteiger partial charge in [-0.3, -0.25) is 0 Å². The molecule has 0 aliphatic heterocycles. The van der Waals surface area contributed by atoms with Gasteiger partial charge in [-0.05, 0) is 193 Å². The molecule has 0 atom stereocenters. The first-order chi connectivity index (χ1) is 38.5. The van der Waals surface area contributed by atoms with Crippen LogP contribution in [0.4, 0.5) is 68.2 Å². The average Bonchev–Trinajstić information content (AvgIpc) is 3.52. The number of nitrogens with zero attached hydrogens (tertiary/aromatic N) is 4. The Bertz CT molecular complexity index is 3430. The lowest BCUT2D eigenvalue weighted by Gasteiger charge is -2.26. The molecule has 12 aromatic rings. The number of benzene rings is 12. The van der Waals surface area contributed by atoms with Gasteiger partial charge in [0, 0.05) is 68.2 Å². The van der Waals surface area contributed by atoms with Crippen LogP contribution in [0.2, 0.25) is 0 Å². The molecule has 12 aromatic carbocycles. The number of para-hydroxylation sites is 6. The van der Waals surface area contributed by atoms with Crippen molar-refractivity contribution in [2.24, 2.45) is 0 Å². The lowest BCUT2D eigenvalue weighted by molar-refractivity contribution is 1.27. The van der Waals surface area contributed by atoms with Gasteiger partial charge in [-0.25, -0.2) is 0 Å². The summed E-state index contributed by atoms with van der Waals surface area (Å²) in [6, 6.07) is 116. The van der Waals surface area contributed by atoms with Crippen LogP contribution in [-0.2, 0) is 0 Å². The molecular formula is C74H60N4. The lowest BCUT2D eigenvalue weighted by atomic mass is 10.0. The van der Waals surface area contributed by atoms with E-state index in [9.17, 15) is 0 Å². The van der Waals surface area contributed by atoms with Gasteiger partial charge in [0.15, 0.2) is 0 Å². The fourth-order valence-electron chi connectivity index (χ4n) is 10.00. The summed E-state index contributed by atoms with van der Waals surface area (Å²) in [7, 11) is 0. The van der Waals surface area contributed by atoms with E-state index in [0.717, 1.165) is 68.2 Å². The SMILES string of the molecule is Cc1cccc(N(c2ccccc2)c2ccc(-c3ccc(N(c4ccccc4)c4cccc(C)c4)cc3)cc2)c1.c1ccc(N(c2ccccc2)c2ccc(-c3ccc(N(c4ccccc4)c4ccccc4)cc3)cc2)cc1. The zero-order chi connectivity index (χ0) is 52.9. The van der Waals surface area contributed by atoms with Crippen LogP contribution in [0.3, 0.4) is 0 Å². The van der Waals surface area contributed by atoms with Gasteiger partial charge < -0.3 is 19.6 Å². The molecule has 0 aliphatic rings. The van der Waals surface area contributed by atoms with Crippen molar-refractivity contribution < 1.29 is 0 Å². The molecule has 0 spiro atoms. The second kappa shape index (κ2) is 24.0. The molecule has 0 saturated heterocycles. The second-order valence-corrected chi connectivity index (χ2v) is 19.2. The van der Waals surface area contributed by atoms with Crippen LogP contribution < -0.4 is 19.6 Å². The van der Waals surface area contributed by atoms with Crippen LogP contribution in [0.5, 0.6) is 0 Å². The molecule has 4 heteroatoms. The summed E-state index contributed by atoms with van der Waals surface area (Å²) in [6.45, 7) is 4.27. The van der Waals surface area contributed by atoms with E-state index < -0.39 is 0 Å². The Hall–Kier alpha value is -10.2. The number of hydrogen-bond acceptors (Lipinski definition) is 4. The molecule has 0 fully saturated rings. The largest absolute Gasteiger partial charge is 0.311 e. The Kier molecular flexibility index (Phi) is 15.4. The molecule has 0 aliphatic carbocycles. The smallest absolute Gasteiger partial charge is 0.0464 e. The Labute approximate surface area is 460 Å². The maximum atomic E-state index is 2.31. The van der Waals surface area contributed by atoms with Gasteiger partial charge in [0.05, 0.1) is 0 Å². The van der Waals surface area contributed by atoms with Crippen molar-refractivity contribution in [3.05, 3.63) is 339 Å². The van der Waals surface area contributed by atoms with Gasteiger partial charge in [0.25, 0.3) is 0 Å². The molecule has 4 nitrogen and oxygen atoms in total. The highest BCUT2D eigenvalue weighted by Crippen LogP contribution is 2.40. The van der Waals surface area contributed by atoms with E-state index in [4.69, 9.17) is 0 Å². The monoisotopic (exact) mass is 1000 g/mol. The van der Waals surface area contributed by atoms with E-state index in [0.29, 0.717) is 0 Å². The van der Waals surface area contributed by atoms with E-state index in [2.05, 4.69) is 361 Å². The third kappa shape index (κ3) is 11.7. The molecule has 0 radical (unpaired) electrons. The molecule has 0 unspecified atom stereocenters. The first-order valence-electron chi connectivity index (χ1n) is 26.6. The highest BCUT2D eigenvalue weighted by molar-refractivity contribution is 5.83. The van der Waals surface area contributed by atoms with Gasteiger partial charge >= 0.3 is 0 Å². The number of rotatable bonds is 14. The van der Waals surface area contributed by atoms with Crippen molar-refractivity contribution in [2.75, 3.05) is 19.6 Å². The summed E-state index contributed by atoms with van der Waals surface area (Å²) >= 11 is 0. The third-order valence-electron chi connectivity index (χ3n) is 13.8. The second-order valence-electron chi connectivity index (χ2n) is 19.2. The molecule has 12 rings (SSSR count). The van der Waals surface area contributed by atoms with Gasteiger partial charge in [0.2, 0.25) is 0 Å². The fourth-order valence-corrected chi connectivity index (χ4v) is 10.00. The summed E-state index contributed by atoms with van der Waals surface area (Å²) < 4.78 is 0. The first-order valence-corrected chi connectivity index (χ1v) is 26.6. The molecule has 0 saturated carbocycles. The van der Waals surface area contributed by atoms with Gasteiger partial charge in [-0.1, -0.05) is 182 Å². The van der Waals surface area contributed by atoms with E-state index in [1.54, 1.807) is 0 Å². The predicted octanol–water partition coefficient (Wildman–Crippen LogP) is 21.2. The third-order valence-corrected chi connectivity index (χ3v) is 13.8. The number of anilines is 12. The Morgan fingerprint density at radius 1 is 0.154 bits per heavy atom. The van der Waals surface area contributed by atoms with Crippen LogP contribution in [-0.4, -0.2) is 0 Å². The van der Waals surface area contributed by atoms with E-state index in [1.807, 2.05) is 0 Å². The Balaban J connectivity index is 0.000000166. The zero-order valence-corrected chi connectivity index (χ0v) is 44.0. The standard InChI is InChI=1S/C38H32N2.C36H28N2/c1-29-11-9-17-37(27-29)39(33-13-5-3-6-14-33)35-23-19-31(20-24-35)32-21-25-36(26-22-32)40(34-15-7-4-8-16-34)38-18-10-12-30(2)28-38;1-5-13-31(14-6-1)37(32-15-7-2-8-16-32)35-25-21-29(22-26-35)30-23-27-36(28-24-30)38(33-17-9-3-10-18-33)34-19-11-4-12-20-34/h3-28H,1-2H3;1-28H. The molecule has 376 valence electrons. The topological polar surface area (TPSA) is 13.0 Å². The lowest BCUT2D eigenvalue weighted by Crippen LogP contribution is -2.10. The maximum Gasteiger partial charge on any atom is 0.0464 e. The van der Waals surface area contributed by atoms with Gasteiger partial charge in [-0.2, -0.15) is 0 Å². The summed E-state index contributed by atoms with van der Waals surface area (Å²) in [4.78, 5) is 9.17. The first kappa shape index (κ1) is 50.0. The van der Waals surface area contributed by atoms with Crippen molar-refractivity contribution in [3.63, 3.8) is 0 Å². The normalized spacial score (nSPS) is 10.7. The quantitative estimate of drug-likeness (QED) is 0.108.